The summed E-state index contributed by atoms with van der Waals surface area (Å²) in [5, 5.41) is 9.14. The van der Waals surface area contributed by atoms with Crippen LogP contribution in [0.15, 0.2) is 60.7 Å². The van der Waals surface area contributed by atoms with Gasteiger partial charge in [0.25, 0.3) is 5.91 Å². The molecule has 1 amide bonds. The Morgan fingerprint density at radius 3 is 2.35 bits per heavy atom. The van der Waals surface area contributed by atoms with E-state index in [2.05, 4.69) is 36.4 Å². The third-order valence-electron chi connectivity index (χ3n) is 5.81. The number of rotatable bonds is 6. The zero-order valence-corrected chi connectivity index (χ0v) is 18.9. The van der Waals surface area contributed by atoms with E-state index in [1.807, 2.05) is 18.2 Å². The molecule has 1 heterocycles. The lowest BCUT2D eigenvalue weighted by molar-refractivity contribution is -0.121. The van der Waals surface area contributed by atoms with Crippen LogP contribution in [0.2, 0.25) is 0 Å². The van der Waals surface area contributed by atoms with Crippen LogP contribution in [0.3, 0.4) is 0 Å². The number of benzene rings is 2. The molecular weight excluding hydrogens is 403 g/mol. The minimum atomic E-state index is -0.322. The van der Waals surface area contributed by atoms with Crippen molar-refractivity contribution in [2.24, 2.45) is 5.73 Å². The van der Waals surface area contributed by atoms with Crippen LogP contribution >= 0.6 is 8.19 Å². The summed E-state index contributed by atoms with van der Waals surface area (Å²) in [5.41, 5.74) is 11.4. The van der Waals surface area contributed by atoms with Gasteiger partial charge in [-0.3, -0.25) is 10.2 Å². The fourth-order valence-electron chi connectivity index (χ4n) is 3.77. The monoisotopic (exact) mass is 430 g/mol. The molecule has 0 bridgehead atoms. The van der Waals surface area contributed by atoms with Gasteiger partial charge < -0.3 is 10.6 Å². The SMILES string of the molecule is CN(C)C(=O)C(=N)/C=C\c1nc(-c2ccc(C3(N)CCC3)cc2)c(-c2ccccc2)[pH]1. The second kappa shape index (κ2) is 8.62. The molecule has 5 nitrogen and oxygen atoms in total. The summed E-state index contributed by atoms with van der Waals surface area (Å²) in [6, 6.07) is 18.7. The third-order valence-corrected chi connectivity index (χ3v) is 7.12. The van der Waals surface area contributed by atoms with E-state index in [-0.39, 0.29) is 17.2 Å². The Hall–Kier alpha value is -3.01. The summed E-state index contributed by atoms with van der Waals surface area (Å²) in [6.45, 7) is 0. The van der Waals surface area contributed by atoms with Crippen molar-refractivity contribution in [3.63, 3.8) is 0 Å². The second-order valence-corrected chi connectivity index (χ2v) is 9.51. The number of carbonyl (C=O) groups excluding carboxylic acids is 1. The van der Waals surface area contributed by atoms with E-state index < -0.39 is 0 Å². The number of hydrogen-bond acceptors (Lipinski definition) is 4. The number of nitrogens with one attached hydrogen (secondary N) is 1. The lowest BCUT2D eigenvalue weighted by atomic mass is 9.72. The minimum Gasteiger partial charge on any atom is -0.343 e. The van der Waals surface area contributed by atoms with Crippen molar-refractivity contribution in [3.8, 4) is 22.1 Å². The largest absolute Gasteiger partial charge is 0.343 e. The highest BCUT2D eigenvalue weighted by atomic mass is 31.0. The molecule has 0 saturated heterocycles. The second-order valence-electron chi connectivity index (χ2n) is 8.25. The van der Waals surface area contributed by atoms with E-state index in [1.165, 1.54) is 28.3 Å². The van der Waals surface area contributed by atoms with Crippen molar-refractivity contribution in [3.05, 3.63) is 71.7 Å². The van der Waals surface area contributed by atoms with Gasteiger partial charge in [-0.2, -0.15) is 0 Å². The van der Waals surface area contributed by atoms with Gasteiger partial charge in [0.05, 0.1) is 11.1 Å². The molecule has 4 rings (SSSR count). The average molecular weight is 430 g/mol. The molecule has 1 aliphatic carbocycles. The highest BCUT2D eigenvalue weighted by Gasteiger charge is 2.34. The van der Waals surface area contributed by atoms with Gasteiger partial charge in [0.1, 0.15) is 5.71 Å². The van der Waals surface area contributed by atoms with Crippen molar-refractivity contribution >= 4 is 25.9 Å². The lowest BCUT2D eigenvalue weighted by Gasteiger charge is -2.38. The van der Waals surface area contributed by atoms with Gasteiger partial charge in [-0.1, -0.05) is 54.6 Å². The van der Waals surface area contributed by atoms with Gasteiger partial charge in [0, 0.05) is 30.5 Å². The Balaban J connectivity index is 1.69. The first-order valence-electron chi connectivity index (χ1n) is 10.4. The van der Waals surface area contributed by atoms with Crippen molar-refractivity contribution in [1.29, 1.82) is 5.41 Å². The van der Waals surface area contributed by atoms with Crippen LogP contribution in [0.5, 0.6) is 0 Å². The van der Waals surface area contributed by atoms with Crippen LogP contribution in [0, 0.1) is 5.41 Å². The van der Waals surface area contributed by atoms with Crippen LogP contribution in [0.4, 0.5) is 0 Å². The molecule has 1 unspecified atom stereocenters. The summed E-state index contributed by atoms with van der Waals surface area (Å²) in [7, 11) is 3.64. The zero-order chi connectivity index (χ0) is 22.0. The van der Waals surface area contributed by atoms with E-state index >= 15 is 0 Å². The van der Waals surface area contributed by atoms with E-state index in [0.29, 0.717) is 8.19 Å². The maximum absolute atomic E-state index is 12.0. The quantitative estimate of drug-likeness (QED) is 0.545. The summed E-state index contributed by atoms with van der Waals surface area (Å²) < 4.78 is 0. The molecule has 0 aliphatic heterocycles. The number of aromatic nitrogens is 1. The van der Waals surface area contributed by atoms with E-state index in [4.69, 9.17) is 16.1 Å². The standard InChI is InChI=1S/C25H27N4OP/c1-29(2)24(30)20(26)13-14-21-28-22(23(31-21)18-7-4-3-5-8-18)17-9-11-19(12-10-17)25(27)15-6-16-25/h3-5,7-14,26,31H,6,15-16,27H2,1-2H3/b14-13-,26-20?. The smallest absolute Gasteiger partial charge is 0.271 e. The molecule has 2 aromatic carbocycles. The van der Waals surface area contributed by atoms with Gasteiger partial charge in [0.2, 0.25) is 0 Å². The average Bonchev–Trinajstić information content (AvgIpc) is 3.20. The van der Waals surface area contributed by atoms with Gasteiger partial charge in [0.15, 0.2) is 0 Å². The number of nitrogens with two attached hydrogens (primary N) is 1. The first-order valence-corrected chi connectivity index (χ1v) is 11.4. The summed E-state index contributed by atoms with van der Waals surface area (Å²) in [4.78, 5) is 18.2. The molecule has 3 N–H and O–H groups in total. The Kier molecular flexibility index (Phi) is 5.90. The number of amides is 1. The Morgan fingerprint density at radius 2 is 1.77 bits per heavy atom. The molecule has 1 aromatic heterocycles. The molecule has 158 valence electrons. The highest BCUT2D eigenvalue weighted by Crippen LogP contribution is 2.42. The Morgan fingerprint density at radius 1 is 1.10 bits per heavy atom. The highest BCUT2D eigenvalue weighted by molar-refractivity contribution is 7.35. The molecule has 1 aliphatic rings. The van der Waals surface area contributed by atoms with E-state index in [9.17, 15) is 4.79 Å². The van der Waals surface area contributed by atoms with E-state index in [0.717, 1.165) is 35.1 Å². The van der Waals surface area contributed by atoms with Crippen molar-refractivity contribution in [2.45, 2.75) is 24.8 Å². The third kappa shape index (κ3) is 4.39. The predicted octanol–water partition coefficient (Wildman–Crippen LogP) is 4.91. The first kappa shape index (κ1) is 21.2. The zero-order valence-electron chi connectivity index (χ0n) is 17.9. The maximum atomic E-state index is 12.0. The lowest BCUT2D eigenvalue weighted by Crippen LogP contribution is -2.43. The fraction of sp³-hybridized carbons (Fsp3) is 0.240. The van der Waals surface area contributed by atoms with Gasteiger partial charge >= 0.3 is 0 Å². The normalized spacial score (nSPS) is 15.2. The first-order chi connectivity index (χ1) is 14.9. The van der Waals surface area contributed by atoms with Crippen LogP contribution in [-0.2, 0) is 10.3 Å². The molecule has 1 saturated carbocycles. The number of carbonyl (C=O) groups is 1. The topological polar surface area (TPSA) is 83.1 Å². The molecule has 31 heavy (non-hydrogen) atoms. The van der Waals surface area contributed by atoms with Gasteiger partial charge in [-0.15, -0.1) is 8.19 Å². The van der Waals surface area contributed by atoms with Crippen molar-refractivity contribution in [1.82, 2.24) is 9.88 Å². The summed E-state index contributed by atoms with van der Waals surface area (Å²) >= 11 is 0. The minimum absolute atomic E-state index is 0.0506. The summed E-state index contributed by atoms with van der Waals surface area (Å²) in [5.74, 6) is -0.322. The summed E-state index contributed by atoms with van der Waals surface area (Å²) in [6.07, 6.45) is 6.59. The maximum Gasteiger partial charge on any atom is 0.271 e. The Bertz CT molecular complexity index is 1130. The molecular formula is C25H27N4OP. The Labute approximate surface area is 184 Å². The van der Waals surface area contributed by atoms with Gasteiger partial charge in [-0.05, 0) is 42.5 Å². The van der Waals surface area contributed by atoms with Crippen LogP contribution in [-0.4, -0.2) is 35.6 Å². The van der Waals surface area contributed by atoms with Gasteiger partial charge in [-0.25, -0.2) is 4.98 Å². The molecule has 0 radical (unpaired) electrons. The predicted molar refractivity (Wildman–Crippen MR) is 130 cm³/mol. The number of hydrogen-bond donors (Lipinski definition) is 2. The molecule has 6 heteroatoms. The van der Waals surface area contributed by atoms with Crippen molar-refractivity contribution < 1.29 is 4.79 Å². The number of nitrogens with zero attached hydrogens (tertiary/aromatic N) is 2. The van der Waals surface area contributed by atoms with Crippen LogP contribution in [0.25, 0.3) is 28.2 Å². The fourth-order valence-corrected chi connectivity index (χ4v) is 4.99. The van der Waals surface area contributed by atoms with Crippen molar-refractivity contribution in [2.75, 3.05) is 14.1 Å². The van der Waals surface area contributed by atoms with E-state index in [1.54, 1.807) is 20.2 Å². The molecule has 3 aromatic rings. The van der Waals surface area contributed by atoms with Crippen LogP contribution in [0.1, 0.15) is 30.3 Å². The molecule has 1 fully saturated rings. The molecule has 1 atom stereocenters. The van der Waals surface area contributed by atoms with Crippen LogP contribution < -0.4 is 5.73 Å². The molecule has 0 spiro atoms.